The van der Waals surface area contributed by atoms with Crippen LogP contribution in [0.2, 0.25) is 0 Å². The van der Waals surface area contributed by atoms with E-state index in [1.807, 2.05) is 0 Å². The van der Waals surface area contributed by atoms with E-state index in [1.165, 1.54) is 12.5 Å². The van der Waals surface area contributed by atoms with Gasteiger partial charge in [-0.2, -0.15) is 0 Å². The molecule has 1 aliphatic rings. The fraction of sp³-hybridized carbons (Fsp3) is 0.500. The summed E-state index contributed by atoms with van der Waals surface area (Å²) in [4.78, 5) is 36.1. The van der Waals surface area contributed by atoms with Crippen LogP contribution in [0.15, 0.2) is 23.0 Å². The smallest absolute Gasteiger partial charge is 0.305 e. The molecule has 0 bridgehead atoms. The molecule has 0 radical (unpaired) electrons. The minimum Gasteiger partial charge on any atom is -0.481 e. The number of amides is 2. The van der Waals surface area contributed by atoms with Crippen LogP contribution in [-0.4, -0.2) is 46.9 Å². The molecule has 1 aromatic heterocycles. The predicted molar refractivity (Wildman–Crippen MR) is 72.6 cm³/mol. The lowest BCUT2D eigenvalue weighted by Gasteiger charge is -2.23. The summed E-state index contributed by atoms with van der Waals surface area (Å²) in [6.07, 6.45) is 4.43. The molecule has 0 aliphatic carbocycles. The Kier molecular flexibility index (Phi) is 4.97. The maximum absolute atomic E-state index is 12.1. The number of carbonyl (C=O) groups excluding carboxylic acids is 2. The van der Waals surface area contributed by atoms with E-state index in [1.54, 1.807) is 11.0 Å². The van der Waals surface area contributed by atoms with Crippen molar-refractivity contribution in [3.63, 3.8) is 0 Å². The zero-order valence-electron chi connectivity index (χ0n) is 11.6. The lowest BCUT2D eigenvalue weighted by molar-refractivity contribution is -0.139. The number of furan rings is 1. The van der Waals surface area contributed by atoms with Crippen molar-refractivity contribution < 1.29 is 23.9 Å². The Bertz CT molecular complexity index is 511. The molecular formula is C14H18N2O5. The average Bonchev–Trinajstić information content (AvgIpc) is 3.08. The monoisotopic (exact) mass is 294 g/mol. The molecule has 2 rings (SSSR count). The normalized spacial score (nSPS) is 17.7. The molecule has 2 amide bonds. The third-order valence-electron chi connectivity index (χ3n) is 3.52. The highest BCUT2D eigenvalue weighted by Gasteiger charge is 2.29. The molecule has 1 saturated heterocycles. The summed E-state index contributed by atoms with van der Waals surface area (Å²) < 4.78 is 4.80. The van der Waals surface area contributed by atoms with Gasteiger partial charge in [-0.15, -0.1) is 0 Å². The van der Waals surface area contributed by atoms with E-state index < -0.39 is 5.97 Å². The number of hydrogen-bond acceptors (Lipinski definition) is 4. The van der Waals surface area contributed by atoms with Crippen LogP contribution in [0.25, 0.3) is 0 Å². The quantitative estimate of drug-likeness (QED) is 0.810. The predicted octanol–water partition coefficient (Wildman–Crippen LogP) is 0.865. The van der Waals surface area contributed by atoms with Crippen molar-refractivity contribution in [3.8, 4) is 0 Å². The van der Waals surface area contributed by atoms with Crippen LogP contribution >= 0.6 is 0 Å². The number of aliphatic carboxylic acids is 1. The van der Waals surface area contributed by atoms with E-state index >= 15 is 0 Å². The van der Waals surface area contributed by atoms with Crippen molar-refractivity contribution in [2.75, 3.05) is 13.1 Å². The van der Waals surface area contributed by atoms with Gasteiger partial charge in [0.1, 0.15) is 6.26 Å². The van der Waals surface area contributed by atoms with Gasteiger partial charge in [0.2, 0.25) is 5.91 Å². The first-order valence-corrected chi connectivity index (χ1v) is 6.89. The number of nitrogens with one attached hydrogen (secondary N) is 1. The van der Waals surface area contributed by atoms with Crippen LogP contribution in [0.3, 0.4) is 0 Å². The average molecular weight is 294 g/mol. The second-order valence-corrected chi connectivity index (χ2v) is 5.00. The van der Waals surface area contributed by atoms with Gasteiger partial charge in [0.25, 0.3) is 5.91 Å². The SMILES string of the molecule is O=C(O)CC1CCCN1C(=O)CCNC(=O)c1ccoc1. The largest absolute Gasteiger partial charge is 0.481 e. The van der Waals surface area contributed by atoms with Crippen LogP contribution in [0.1, 0.15) is 36.0 Å². The molecule has 21 heavy (non-hydrogen) atoms. The van der Waals surface area contributed by atoms with Gasteiger partial charge in [0.15, 0.2) is 0 Å². The molecule has 0 aromatic carbocycles. The van der Waals surface area contributed by atoms with E-state index in [9.17, 15) is 14.4 Å². The maximum atomic E-state index is 12.1. The minimum atomic E-state index is -0.895. The maximum Gasteiger partial charge on any atom is 0.305 e. The van der Waals surface area contributed by atoms with Crippen LogP contribution in [0, 0.1) is 0 Å². The first-order valence-electron chi connectivity index (χ1n) is 6.89. The van der Waals surface area contributed by atoms with Crippen LogP contribution in [0.5, 0.6) is 0 Å². The van der Waals surface area contributed by atoms with Gasteiger partial charge in [0.05, 0.1) is 18.2 Å². The second-order valence-electron chi connectivity index (χ2n) is 5.00. The van der Waals surface area contributed by atoms with Gasteiger partial charge in [-0.3, -0.25) is 14.4 Å². The molecule has 7 heteroatoms. The Morgan fingerprint density at radius 1 is 1.43 bits per heavy atom. The highest BCUT2D eigenvalue weighted by Crippen LogP contribution is 2.20. The molecule has 1 aliphatic heterocycles. The van der Waals surface area contributed by atoms with Gasteiger partial charge in [-0.1, -0.05) is 0 Å². The Morgan fingerprint density at radius 3 is 2.90 bits per heavy atom. The number of nitrogens with zero attached hydrogens (tertiary/aromatic N) is 1. The number of carboxylic acids is 1. The Balaban J connectivity index is 1.76. The standard InChI is InChI=1S/C14H18N2O5/c17-12(16-6-1-2-11(16)8-13(18)19)3-5-15-14(20)10-4-7-21-9-10/h4,7,9,11H,1-3,5-6,8H2,(H,15,20)(H,18,19). The fourth-order valence-corrected chi connectivity index (χ4v) is 2.50. The molecular weight excluding hydrogens is 276 g/mol. The van der Waals surface area contributed by atoms with E-state index in [-0.39, 0.29) is 37.2 Å². The zero-order valence-corrected chi connectivity index (χ0v) is 11.6. The van der Waals surface area contributed by atoms with Gasteiger partial charge in [0, 0.05) is 25.6 Å². The minimum absolute atomic E-state index is 0.0207. The summed E-state index contributed by atoms with van der Waals surface area (Å²) in [6, 6.07) is 1.32. The molecule has 1 unspecified atom stereocenters. The first-order chi connectivity index (χ1) is 10.1. The molecule has 114 valence electrons. The highest BCUT2D eigenvalue weighted by atomic mass is 16.4. The van der Waals surface area contributed by atoms with Crippen molar-refractivity contribution >= 4 is 17.8 Å². The highest BCUT2D eigenvalue weighted by molar-refractivity contribution is 5.94. The van der Waals surface area contributed by atoms with E-state index in [2.05, 4.69) is 5.32 Å². The van der Waals surface area contributed by atoms with Crippen molar-refractivity contribution in [2.24, 2.45) is 0 Å². The molecule has 1 aromatic rings. The molecule has 0 saturated carbocycles. The summed E-state index contributed by atoms with van der Waals surface area (Å²) in [7, 11) is 0. The van der Waals surface area contributed by atoms with Crippen molar-refractivity contribution in [1.29, 1.82) is 0 Å². The number of carbonyl (C=O) groups is 3. The van der Waals surface area contributed by atoms with Crippen LogP contribution in [0.4, 0.5) is 0 Å². The summed E-state index contributed by atoms with van der Waals surface area (Å²) in [5.41, 5.74) is 0.410. The third-order valence-corrected chi connectivity index (χ3v) is 3.52. The Morgan fingerprint density at radius 2 is 2.24 bits per heavy atom. The lowest BCUT2D eigenvalue weighted by Crippen LogP contribution is -2.38. The number of likely N-dealkylation sites (tertiary alicyclic amines) is 1. The topological polar surface area (TPSA) is 99.9 Å². The molecule has 0 spiro atoms. The van der Waals surface area contributed by atoms with Crippen molar-refractivity contribution in [2.45, 2.75) is 31.7 Å². The number of rotatable bonds is 6. The van der Waals surface area contributed by atoms with Gasteiger partial charge >= 0.3 is 5.97 Å². The molecule has 2 N–H and O–H groups in total. The molecule has 2 heterocycles. The lowest BCUT2D eigenvalue weighted by atomic mass is 10.1. The van der Waals surface area contributed by atoms with Gasteiger partial charge in [-0.05, 0) is 18.9 Å². The van der Waals surface area contributed by atoms with Gasteiger partial charge < -0.3 is 19.7 Å². The summed E-state index contributed by atoms with van der Waals surface area (Å²) in [5, 5.41) is 11.5. The summed E-state index contributed by atoms with van der Waals surface area (Å²) >= 11 is 0. The second kappa shape index (κ2) is 6.92. The Labute approximate surface area is 121 Å². The number of hydrogen-bond donors (Lipinski definition) is 2. The van der Waals surface area contributed by atoms with Crippen molar-refractivity contribution in [3.05, 3.63) is 24.2 Å². The van der Waals surface area contributed by atoms with Crippen LogP contribution < -0.4 is 5.32 Å². The molecule has 1 atom stereocenters. The third kappa shape index (κ3) is 4.08. The van der Waals surface area contributed by atoms with Crippen molar-refractivity contribution in [1.82, 2.24) is 10.2 Å². The molecule has 1 fully saturated rings. The van der Waals surface area contributed by atoms with E-state index in [0.29, 0.717) is 12.1 Å². The van der Waals surface area contributed by atoms with E-state index in [4.69, 9.17) is 9.52 Å². The zero-order chi connectivity index (χ0) is 15.2. The first kappa shape index (κ1) is 15.1. The summed E-state index contributed by atoms with van der Waals surface area (Å²) in [5.74, 6) is -1.31. The van der Waals surface area contributed by atoms with E-state index in [0.717, 1.165) is 12.8 Å². The fourth-order valence-electron chi connectivity index (χ4n) is 2.50. The Hall–Kier alpha value is -2.31. The molecule has 7 nitrogen and oxygen atoms in total. The number of carboxylic acid groups (broad SMARTS) is 1. The van der Waals surface area contributed by atoms with Gasteiger partial charge in [-0.25, -0.2) is 0 Å². The van der Waals surface area contributed by atoms with Crippen LogP contribution in [-0.2, 0) is 9.59 Å². The summed E-state index contributed by atoms with van der Waals surface area (Å²) in [6.45, 7) is 0.811.